The Kier molecular flexibility index (Phi) is 5.79. The number of esters is 1. The van der Waals surface area contributed by atoms with Gasteiger partial charge in [0, 0.05) is 6.42 Å². The summed E-state index contributed by atoms with van der Waals surface area (Å²) in [5.74, 6) is -2.40. The highest BCUT2D eigenvalue weighted by Gasteiger charge is 2.17. The Morgan fingerprint density at radius 3 is 2.21 bits per heavy atom. The summed E-state index contributed by atoms with van der Waals surface area (Å²) in [6.07, 6.45) is -0.498. The summed E-state index contributed by atoms with van der Waals surface area (Å²) >= 11 is 11.6. The van der Waals surface area contributed by atoms with E-state index in [0.29, 0.717) is 0 Å². The topological polar surface area (TPSA) is 80.7 Å². The monoisotopic (exact) mass is 304 g/mol. The number of ketones is 1. The number of carbonyl (C=O) groups is 3. The SMILES string of the molecule is O=C(O)CCC(=O)COC(=O)c1c(Cl)cccc1Cl. The third-order valence-electron chi connectivity index (χ3n) is 2.15. The number of rotatable bonds is 6. The maximum Gasteiger partial charge on any atom is 0.341 e. The second-order valence-electron chi connectivity index (χ2n) is 3.61. The summed E-state index contributed by atoms with van der Waals surface area (Å²) in [6.45, 7) is -0.506. The molecule has 0 saturated heterocycles. The molecule has 102 valence electrons. The minimum atomic E-state index is -1.09. The van der Waals surface area contributed by atoms with Crippen molar-refractivity contribution in [2.45, 2.75) is 12.8 Å². The first-order valence-corrected chi connectivity index (χ1v) is 6.02. The summed E-state index contributed by atoms with van der Waals surface area (Å²) in [6, 6.07) is 4.51. The van der Waals surface area contributed by atoms with Gasteiger partial charge in [0.25, 0.3) is 0 Å². The molecule has 1 N–H and O–H groups in total. The van der Waals surface area contributed by atoms with Crippen LogP contribution in [0.4, 0.5) is 0 Å². The summed E-state index contributed by atoms with van der Waals surface area (Å²) < 4.78 is 4.73. The number of carbonyl (C=O) groups excluding carboxylic acids is 2. The van der Waals surface area contributed by atoms with Crippen molar-refractivity contribution in [2.75, 3.05) is 6.61 Å². The van der Waals surface area contributed by atoms with Crippen molar-refractivity contribution in [2.24, 2.45) is 0 Å². The second kappa shape index (κ2) is 7.11. The highest BCUT2D eigenvalue weighted by molar-refractivity contribution is 6.39. The fourth-order valence-corrected chi connectivity index (χ4v) is 1.78. The molecular weight excluding hydrogens is 295 g/mol. The van der Waals surface area contributed by atoms with Crippen molar-refractivity contribution in [3.05, 3.63) is 33.8 Å². The van der Waals surface area contributed by atoms with E-state index in [0.717, 1.165) is 0 Å². The van der Waals surface area contributed by atoms with Gasteiger partial charge in [-0.05, 0) is 12.1 Å². The van der Waals surface area contributed by atoms with Crippen LogP contribution in [0.2, 0.25) is 10.0 Å². The number of hydrogen-bond donors (Lipinski definition) is 1. The van der Waals surface area contributed by atoms with E-state index < -0.39 is 24.3 Å². The number of aliphatic carboxylic acids is 1. The highest BCUT2D eigenvalue weighted by atomic mass is 35.5. The van der Waals surface area contributed by atoms with E-state index >= 15 is 0 Å². The van der Waals surface area contributed by atoms with Crippen molar-refractivity contribution in [3.8, 4) is 0 Å². The van der Waals surface area contributed by atoms with Gasteiger partial charge in [-0.15, -0.1) is 0 Å². The van der Waals surface area contributed by atoms with Crippen LogP contribution in [0.15, 0.2) is 18.2 Å². The lowest BCUT2D eigenvalue weighted by molar-refractivity contribution is -0.138. The van der Waals surface area contributed by atoms with Crippen molar-refractivity contribution < 1.29 is 24.2 Å². The zero-order valence-corrected chi connectivity index (χ0v) is 11.2. The van der Waals surface area contributed by atoms with Crippen LogP contribution in [0.1, 0.15) is 23.2 Å². The number of Topliss-reactive ketones (excluding diaryl/α,β-unsaturated/α-hetero) is 1. The molecule has 1 aromatic carbocycles. The van der Waals surface area contributed by atoms with E-state index in [9.17, 15) is 14.4 Å². The predicted molar refractivity (Wildman–Crippen MR) is 68.6 cm³/mol. The molecule has 0 fully saturated rings. The van der Waals surface area contributed by atoms with Gasteiger partial charge in [0.15, 0.2) is 5.78 Å². The Bertz CT molecular complexity index is 493. The normalized spacial score (nSPS) is 10.0. The first-order chi connectivity index (χ1) is 8.91. The first-order valence-electron chi connectivity index (χ1n) is 5.26. The summed E-state index contributed by atoms with van der Waals surface area (Å²) in [4.78, 5) is 33.2. The molecule has 1 aromatic rings. The number of halogens is 2. The van der Waals surface area contributed by atoms with E-state index in [2.05, 4.69) is 0 Å². The molecule has 0 aliphatic heterocycles. The van der Waals surface area contributed by atoms with Crippen LogP contribution in [0.3, 0.4) is 0 Å². The molecule has 0 atom stereocenters. The molecule has 0 bridgehead atoms. The number of carboxylic acid groups (broad SMARTS) is 1. The van der Waals surface area contributed by atoms with Crippen LogP contribution in [0.5, 0.6) is 0 Å². The van der Waals surface area contributed by atoms with Crippen molar-refractivity contribution in [1.82, 2.24) is 0 Å². The number of hydrogen-bond acceptors (Lipinski definition) is 4. The second-order valence-corrected chi connectivity index (χ2v) is 4.42. The van der Waals surface area contributed by atoms with Crippen LogP contribution in [0, 0.1) is 0 Å². The van der Waals surface area contributed by atoms with Crippen LogP contribution in [-0.4, -0.2) is 29.4 Å². The molecule has 0 aliphatic rings. The Labute approximate surface area is 119 Å². The van der Waals surface area contributed by atoms with Gasteiger partial charge in [-0.1, -0.05) is 29.3 Å². The van der Waals surface area contributed by atoms with E-state index in [1.165, 1.54) is 12.1 Å². The van der Waals surface area contributed by atoms with E-state index in [1.54, 1.807) is 6.07 Å². The predicted octanol–water partition coefficient (Wildman–Crippen LogP) is 2.58. The molecule has 19 heavy (non-hydrogen) atoms. The molecule has 7 heteroatoms. The summed E-state index contributed by atoms with van der Waals surface area (Å²) in [5, 5.41) is 8.64. The van der Waals surface area contributed by atoms with Crippen molar-refractivity contribution >= 4 is 40.9 Å². The standard InChI is InChI=1S/C12H10Cl2O5/c13-8-2-1-3-9(14)11(8)12(18)19-6-7(15)4-5-10(16)17/h1-3H,4-6H2,(H,16,17). The van der Waals surface area contributed by atoms with Gasteiger partial charge in [0.1, 0.15) is 6.61 Å². The van der Waals surface area contributed by atoms with Crippen LogP contribution >= 0.6 is 23.2 Å². The maximum atomic E-state index is 11.7. The van der Waals surface area contributed by atoms with Crippen LogP contribution in [0.25, 0.3) is 0 Å². The molecule has 1 rings (SSSR count). The average molecular weight is 305 g/mol. The number of carboxylic acids is 1. The third-order valence-corrected chi connectivity index (χ3v) is 2.78. The van der Waals surface area contributed by atoms with Gasteiger partial charge in [-0.25, -0.2) is 4.79 Å². The lowest BCUT2D eigenvalue weighted by Crippen LogP contribution is -2.15. The van der Waals surface area contributed by atoms with E-state index in [-0.39, 0.29) is 28.5 Å². The van der Waals surface area contributed by atoms with Crippen LogP contribution in [-0.2, 0) is 14.3 Å². The van der Waals surface area contributed by atoms with Gasteiger partial charge in [0.05, 0.1) is 22.0 Å². The Morgan fingerprint density at radius 2 is 1.68 bits per heavy atom. The quantitative estimate of drug-likeness (QED) is 0.817. The minimum Gasteiger partial charge on any atom is -0.481 e. The Balaban J connectivity index is 2.56. The lowest BCUT2D eigenvalue weighted by atomic mass is 10.2. The van der Waals surface area contributed by atoms with Gasteiger partial charge >= 0.3 is 11.9 Å². The largest absolute Gasteiger partial charge is 0.481 e. The zero-order valence-electron chi connectivity index (χ0n) is 9.69. The summed E-state index contributed by atoms with van der Waals surface area (Å²) in [7, 11) is 0. The number of ether oxygens (including phenoxy) is 1. The van der Waals surface area contributed by atoms with Gasteiger partial charge in [-0.3, -0.25) is 9.59 Å². The van der Waals surface area contributed by atoms with E-state index in [4.69, 9.17) is 33.0 Å². The first kappa shape index (κ1) is 15.5. The highest BCUT2D eigenvalue weighted by Crippen LogP contribution is 2.24. The molecule has 0 unspecified atom stereocenters. The summed E-state index contributed by atoms with van der Waals surface area (Å²) in [5.41, 5.74) is -0.0168. The molecular formula is C12H10Cl2O5. The Hall–Kier alpha value is -1.59. The fourth-order valence-electron chi connectivity index (χ4n) is 1.23. The molecule has 0 aromatic heterocycles. The van der Waals surface area contributed by atoms with Crippen molar-refractivity contribution in [3.63, 3.8) is 0 Å². The maximum absolute atomic E-state index is 11.7. The van der Waals surface area contributed by atoms with Gasteiger partial charge < -0.3 is 9.84 Å². The average Bonchev–Trinajstić information content (AvgIpc) is 2.33. The van der Waals surface area contributed by atoms with Gasteiger partial charge in [0.2, 0.25) is 0 Å². The zero-order chi connectivity index (χ0) is 14.4. The number of benzene rings is 1. The Morgan fingerprint density at radius 1 is 1.11 bits per heavy atom. The van der Waals surface area contributed by atoms with Crippen molar-refractivity contribution in [1.29, 1.82) is 0 Å². The molecule has 0 saturated carbocycles. The third kappa shape index (κ3) is 4.89. The minimum absolute atomic E-state index is 0.0168. The lowest BCUT2D eigenvalue weighted by Gasteiger charge is -2.06. The molecule has 5 nitrogen and oxygen atoms in total. The molecule has 0 spiro atoms. The van der Waals surface area contributed by atoms with Gasteiger partial charge in [-0.2, -0.15) is 0 Å². The molecule has 0 radical (unpaired) electrons. The molecule has 0 heterocycles. The smallest absolute Gasteiger partial charge is 0.341 e. The molecule has 0 amide bonds. The fraction of sp³-hybridized carbons (Fsp3) is 0.250. The van der Waals surface area contributed by atoms with Crippen LogP contribution < -0.4 is 0 Å². The molecule has 0 aliphatic carbocycles. The van der Waals surface area contributed by atoms with E-state index in [1.807, 2.05) is 0 Å².